The smallest absolute Gasteiger partial charge is 0.407 e. The van der Waals surface area contributed by atoms with E-state index in [1.165, 1.54) is 12.8 Å². The van der Waals surface area contributed by atoms with E-state index >= 15 is 0 Å². The number of amides is 3. The van der Waals surface area contributed by atoms with E-state index < -0.39 is 6.09 Å². The van der Waals surface area contributed by atoms with E-state index in [0.29, 0.717) is 26.2 Å². The van der Waals surface area contributed by atoms with Crippen LogP contribution in [0.25, 0.3) is 0 Å². The van der Waals surface area contributed by atoms with Gasteiger partial charge in [-0.05, 0) is 45.0 Å². The van der Waals surface area contributed by atoms with Crippen molar-refractivity contribution in [2.24, 2.45) is 0 Å². The van der Waals surface area contributed by atoms with E-state index in [2.05, 4.69) is 20.9 Å². The summed E-state index contributed by atoms with van der Waals surface area (Å²) in [7, 11) is 0. The van der Waals surface area contributed by atoms with Gasteiger partial charge in [-0.1, -0.05) is 0 Å². The molecule has 8 nitrogen and oxygen atoms in total. The molecule has 2 rings (SSSR count). The molecule has 0 spiro atoms. The molecule has 0 aliphatic carbocycles. The summed E-state index contributed by atoms with van der Waals surface area (Å²) in [6.07, 6.45) is 3.51. The van der Waals surface area contributed by atoms with Crippen LogP contribution in [0.4, 0.5) is 9.59 Å². The topological polar surface area (TPSA) is 95.8 Å². The first-order valence-electron chi connectivity index (χ1n) is 8.40. The predicted molar refractivity (Wildman–Crippen MR) is 88.7 cm³/mol. The molecule has 0 aromatic carbocycles. The maximum absolute atomic E-state index is 11.9. The zero-order valence-electron chi connectivity index (χ0n) is 14.0. The fraction of sp³-hybridized carbons (Fsp3) is 0.625. The third-order valence-corrected chi connectivity index (χ3v) is 3.86. The Morgan fingerprint density at radius 3 is 2.67 bits per heavy atom. The van der Waals surface area contributed by atoms with E-state index in [1.807, 2.05) is 12.1 Å². The number of ether oxygens (including phenoxy) is 1. The minimum Gasteiger partial charge on any atom is -0.468 e. The summed E-state index contributed by atoms with van der Waals surface area (Å²) in [5.41, 5.74) is 0. The fourth-order valence-electron chi connectivity index (χ4n) is 2.72. The van der Waals surface area contributed by atoms with Crippen LogP contribution in [0.15, 0.2) is 22.8 Å². The molecule has 1 aliphatic heterocycles. The number of nitrogens with one attached hydrogen (secondary N) is 3. The molecule has 0 radical (unpaired) electrons. The standard InChI is InChI=1S/C16H26N4O4/c1-2-23-16(22)18-8-7-17-15(21)19-12-13(14-6-5-11-24-14)20-9-3-4-10-20/h5-6,11,13H,2-4,7-10,12H2,1H3,(H,18,22)(H2,17,19,21)/t13-/m1/s1. The van der Waals surface area contributed by atoms with Crippen LogP contribution in [0.5, 0.6) is 0 Å². The second-order valence-electron chi connectivity index (χ2n) is 5.56. The summed E-state index contributed by atoms with van der Waals surface area (Å²) >= 11 is 0. The van der Waals surface area contributed by atoms with Gasteiger partial charge in [-0.15, -0.1) is 0 Å². The Bertz CT molecular complexity index is 500. The number of furan rings is 1. The average molecular weight is 338 g/mol. The Hall–Kier alpha value is -2.22. The number of alkyl carbamates (subject to hydrolysis) is 1. The Balaban J connectivity index is 1.69. The fourth-order valence-corrected chi connectivity index (χ4v) is 2.72. The van der Waals surface area contributed by atoms with Crippen molar-refractivity contribution >= 4 is 12.1 Å². The summed E-state index contributed by atoms with van der Waals surface area (Å²) in [6, 6.07) is 3.58. The molecule has 0 unspecified atom stereocenters. The molecule has 24 heavy (non-hydrogen) atoms. The molecule has 1 aromatic heterocycles. The first-order chi connectivity index (χ1) is 11.7. The van der Waals surface area contributed by atoms with E-state index in [0.717, 1.165) is 18.8 Å². The molecule has 1 aliphatic rings. The predicted octanol–water partition coefficient (Wildman–Crippen LogP) is 1.46. The van der Waals surface area contributed by atoms with Crippen molar-refractivity contribution in [3.63, 3.8) is 0 Å². The van der Waals surface area contributed by atoms with Gasteiger partial charge in [0.05, 0.1) is 18.9 Å². The highest BCUT2D eigenvalue weighted by Gasteiger charge is 2.25. The van der Waals surface area contributed by atoms with Gasteiger partial charge in [-0.25, -0.2) is 9.59 Å². The van der Waals surface area contributed by atoms with Gasteiger partial charge in [0.1, 0.15) is 5.76 Å². The second-order valence-corrected chi connectivity index (χ2v) is 5.56. The van der Waals surface area contributed by atoms with E-state index in [9.17, 15) is 9.59 Å². The van der Waals surface area contributed by atoms with Crippen LogP contribution >= 0.6 is 0 Å². The molecule has 3 N–H and O–H groups in total. The number of rotatable bonds is 8. The zero-order valence-corrected chi connectivity index (χ0v) is 14.0. The minimum absolute atomic E-state index is 0.0471. The van der Waals surface area contributed by atoms with Crippen LogP contribution < -0.4 is 16.0 Å². The molecule has 134 valence electrons. The molecule has 1 aromatic rings. The van der Waals surface area contributed by atoms with Crippen LogP contribution in [-0.2, 0) is 4.74 Å². The Morgan fingerprint density at radius 1 is 1.25 bits per heavy atom. The average Bonchev–Trinajstić information content (AvgIpc) is 3.26. The molecule has 0 bridgehead atoms. The lowest BCUT2D eigenvalue weighted by Crippen LogP contribution is -2.43. The molecule has 0 saturated carbocycles. The van der Waals surface area contributed by atoms with Crippen molar-refractivity contribution < 1.29 is 18.7 Å². The van der Waals surface area contributed by atoms with Gasteiger partial charge in [0.25, 0.3) is 0 Å². The molecule has 2 heterocycles. The van der Waals surface area contributed by atoms with E-state index in [1.54, 1.807) is 13.2 Å². The monoisotopic (exact) mass is 338 g/mol. The van der Waals surface area contributed by atoms with Gasteiger partial charge < -0.3 is 25.1 Å². The van der Waals surface area contributed by atoms with Gasteiger partial charge >= 0.3 is 12.1 Å². The Labute approximate surface area is 141 Å². The number of carbonyl (C=O) groups is 2. The molecule has 1 atom stereocenters. The molecule has 3 amide bonds. The Kier molecular flexibility index (Phi) is 7.41. The van der Waals surface area contributed by atoms with Gasteiger partial charge in [-0.2, -0.15) is 0 Å². The van der Waals surface area contributed by atoms with Crippen LogP contribution in [-0.4, -0.2) is 56.4 Å². The maximum atomic E-state index is 11.9. The number of hydrogen-bond donors (Lipinski definition) is 3. The maximum Gasteiger partial charge on any atom is 0.407 e. The number of urea groups is 1. The highest BCUT2D eigenvalue weighted by molar-refractivity contribution is 5.74. The third kappa shape index (κ3) is 5.77. The largest absolute Gasteiger partial charge is 0.468 e. The van der Waals surface area contributed by atoms with E-state index in [4.69, 9.17) is 9.15 Å². The van der Waals surface area contributed by atoms with Crippen LogP contribution in [0.2, 0.25) is 0 Å². The van der Waals surface area contributed by atoms with Crippen molar-refractivity contribution in [2.75, 3.05) is 39.3 Å². The zero-order chi connectivity index (χ0) is 17.2. The van der Waals surface area contributed by atoms with Crippen molar-refractivity contribution in [3.05, 3.63) is 24.2 Å². The quantitative estimate of drug-likeness (QED) is 0.624. The minimum atomic E-state index is -0.480. The summed E-state index contributed by atoms with van der Waals surface area (Å²) < 4.78 is 10.2. The normalized spacial score (nSPS) is 15.7. The van der Waals surface area contributed by atoms with Gasteiger partial charge in [0, 0.05) is 19.6 Å². The highest BCUT2D eigenvalue weighted by atomic mass is 16.5. The summed E-state index contributed by atoms with van der Waals surface area (Å²) in [5, 5.41) is 8.11. The molecular formula is C16H26N4O4. The molecule has 1 saturated heterocycles. The lowest BCUT2D eigenvalue weighted by atomic mass is 10.2. The third-order valence-electron chi connectivity index (χ3n) is 3.86. The number of likely N-dealkylation sites (tertiary alicyclic amines) is 1. The van der Waals surface area contributed by atoms with Crippen LogP contribution in [0.1, 0.15) is 31.6 Å². The molecule has 1 fully saturated rings. The summed E-state index contributed by atoms with van der Waals surface area (Å²) in [6.45, 7) is 5.21. The van der Waals surface area contributed by atoms with Gasteiger partial charge in [-0.3, -0.25) is 4.90 Å². The number of nitrogens with zero attached hydrogens (tertiary/aromatic N) is 1. The Morgan fingerprint density at radius 2 is 2.00 bits per heavy atom. The van der Waals surface area contributed by atoms with E-state index in [-0.39, 0.29) is 12.1 Å². The molecular weight excluding hydrogens is 312 g/mol. The first-order valence-corrected chi connectivity index (χ1v) is 8.40. The van der Waals surface area contributed by atoms with Crippen molar-refractivity contribution in [2.45, 2.75) is 25.8 Å². The lowest BCUT2D eigenvalue weighted by Gasteiger charge is -2.26. The lowest BCUT2D eigenvalue weighted by molar-refractivity contribution is 0.152. The second kappa shape index (κ2) is 9.82. The van der Waals surface area contributed by atoms with Crippen molar-refractivity contribution in [1.29, 1.82) is 0 Å². The highest BCUT2D eigenvalue weighted by Crippen LogP contribution is 2.24. The van der Waals surface area contributed by atoms with Crippen LogP contribution in [0.3, 0.4) is 0 Å². The number of carbonyl (C=O) groups excluding carboxylic acids is 2. The van der Waals surface area contributed by atoms with Crippen LogP contribution in [0, 0.1) is 0 Å². The molecule has 8 heteroatoms. The SMILES string of the molecule is CCOC(=O)NCCNC(=O)NC[C@H](c1ccco1)N1CCCC1. The van der Waals surface area contributed by atoms with Gasteiger partial charge in [0.2, 0.25) is 0 Å². The summed E-state index contributed by atoms with van der Waals surface area (Å²) in [5.74, 6) is 0.862. The first kappa shape index (κ1) is 18.1. The van der Waals surface area contributed by atoms with Gasteiger partial charge in [0.15, 0.2) is 0 Å². The summed E-state index contributed by atoms with van der Waals surface area (Å²) in [4.78, 5) is 25.3. The van der Waals surface area contributed by atoms with Crippen molar-refractivity contribution in [1.82, 2.24) is 20.9 Å². The number of hydrogen-bond acceptors (Lipinski definition) is 5. The van der Waals surface area contributed by atoms with Crippen molar-refractivity contribution in [3.8, 4) is 0 Å².